The highest BCUT2D eigenvalue weighted by Gasteiger charge is 2.48. The van der Waals surface area contributed by atoms with Crippen molar-refractivity contribution in [2.75, 3.05) is 19.6 Å². The van der Waals surface area contributed by atoms with Gasteiger partial charge in [0.2, 0.25) is 5.91 Å². The average molecular weight is 417 g/mol. The molecule has 0 radical (unpaired) electrons. The lowest BCUT2D eigenvalue weighted by Gasteiger charge is -2.39. The van der Waals surface area contributed by atoms with Crippen molar-refractivity contribution in [2.24, 2.45) is 11.3 Å². The molecule has 2 aliphatic rings. The highest BCUT2D eigenvalue weighted by molar-refractivity contribution is 5.78. The maximum Gasteiger partial charge on any atom is 0.410 e. The fourth-order valence-corrected chi connectivity index (χ4v) is 4.61. The number of carboxylic acids is 1. The third kappa shape index (κ3) is 5.32. The van der Waals surface area contributed by atoms with Crippen molar-refractivity contribution in [3.8, 4) is 0 Å². The number of benzene rings is 1. The first-order valence-corrected chi connectivity index (χ1v) is 10.6. The maximum atomic E-state index is 12.6. The van der Waals surface area contributed by atoms with Gasteiger partial charge in [0.05, 0.1) is 13.0 Å². The van der Waals surface area contributed by atoms with E-state index in [-0.39, 0.29) is 30.8 Å². The Morgan fingerprint density at radius 2 is 1.80 bits per heavy atom. The van der Waals surface area contributed by atoms with Crippen molar-refractivity contribution in [3.63, 3.8) is 0 Å². The molecule has 2 amide bonds. The first-order valence-electron chi connectivity index (χ1n) is 10.6. The highest BCUT2D eigenvalue weighted by Crippen LogP contribution is 2.37. The number of carbonyl (C=O) groups excluding carboxylic acids is 2. The van der Waals surface area contributed by atoms with Gasteiger partial charge in [0.15, 0.2) is 0 Å². The smallest absolute Gasteiger partial charge is 0.410 e. The van der Waals surface area contributed by atoms with Crippen molar-refractivity contribution in [2.45, 2.75) is 58.6 Å². The van der Waals surface area contributed by atoms with Gasteiger partial charge in [0.1, 0.15) is 5.60 Å². The summed E-state index contributed by atoms with van der Waals surface area (Å²) in [6.07, 6.45) is 1.46. The molecule has 2 fully saturated rings. The van der Waals surface area contributed by atoms with E-state index in [1.54, 1.807) is 4.90 Å². The van der Waals surface area contributed by atoms with Gasteiger partial charge in [-0.3, -0.25) is 14.5 Å². The predicted octanol–water partition coefficient (Wildman–Crippen LogP) is 3.53. The Hall–Kier alpha value is -2.57. The van der Waals surface area contributed by atoms with Crippen LogP contribution in [-0.4, -0.2) is 58.1 Å². The van der Waals surface area contributed by atoms with Gasteiger partial charge >= 0.3 is 12.1 Å². The number of aliphatic carboxylic acids is 1. The second-order valence-corrected chi connectivity index (χ2v) is 9.59. The van der Waals surface area contributed by atoms with Crippen LogP contribution in [0.25, 0.3) is 0 Å². The number of cyclic esters (lactones) is 1. The van der Waals surface area contributed by atoms with Crippen LogP contribution < -0.4 is 0 Å². The van der Waals surface area contributed by atoms with Crippen LogP contribution in [0, 0.1) is 11.3 Å². The molecule has 7 heteroatoms. The first-order chi connectivity index (χ1) is 14.1. The summed E-state index contributed by atoms with van der Waals surface area (Å²) in [6.45, 7) is 7.92. The summed E-state index contributed by atoms with van der Waals surface area (Å²) < 4.78 is 5.81. The van der Waals surface area contributed by atoms with Gasteiger partial charge in [0.25, 0.3) is 0 Å². The standard InChI is InChI=1S/C23H32N2O5/c1-22(2,14-20(27)28)13-19(26)24-11-9-18(10-12-24)23(3)16-25(21(29)30-23)15-17-7-5-4-6-8-17/h4-8,18H,9-16H2,1-3H3,(H,27,28). The number of carboxylic acid groups (broad SMARTS) is 1. The zero-order chi connectivity index (χ0) is 21.9. The number of rotatable bonds is 7. The van der Waals surface area contributed by atoms with Crippen LogP contribution >= 0.6 is 0 Å². The topological polar surface area (TPSA) is 87.2 Å². The fraction of sp³-hybridized carbons (Fsp3) is 0.609. The molecule has 1 aromatic rings. The Bertz CT molecular complexity index is 786. The third-order valence-corrected chi connectivity index (χ3v) is 6.27. The molecule has 0 spiro atoms. The Morgan fingerprint density at radius 1 is 1.17 bits per heavy atom. The molecule has 1 atom stereocenters. The van der Waals surface area contributed by atoms with Gasteiger partial charge in [-0.05, 0) is 30.7 Å². The van der Waals surface area contributed by atoms with E-state index in [1.165, 1.54) is 0 Å². The van der Waals surface area contributed by atoms with Crippen LogP contribution in [0.15, 0.2) is 30.3 Å². The van der Waals surface area contributed by atoms with Gasteiger partial charge in [-0.1, -0.05) is 44.2 Å². The minimum atomic E-state index is -0.887. The lowest BCUT2D eigenvalue weighted by atomic mass is 9.80. The molecule has 0 aliphatic carbocycles. The minimum Gasteiger partial charge on any atom is -0.481 e. The second kappa shape index (κ2) is 8.66. The summed E-state index contributed by atoms with van der Waals surface area (Å²) in [4.78, 5) is 39.7. The van der Waals surface area contributed by atoms with Crippen molar-refractivity contribution in [1.82, 2.24) is 9.80 Å². The zero-order valence-electron chi connectivity index (χ0n) is 18.1. The summed E-state index contributed by atoms with van der Waals surface area (Å²) in [7, 11) is 0. The molecular formula is C23H32N2O5. The number of piperidine rings is 1. The molecule has 2 heterocycles. The van der Waals surface area contributed by atoms with Gasteiger partial charge in [0, 0.05) is 32.0 Å². The summed E-state index contributed by atoms with van der Waals surface area (Å²) in [5.74, 6) is -0.695. The van der Waals surface area contributed by atoms with E-state index < -0.39 is 17.0 Å². The van der Waals surface area contributed by atoms with E-state index in [4.69, 9.17) is 9.84 Å². The highest BCUT2D eigenvalue weighted by atomic mass is 16.6. The van der Waals surface area contributed by atoms with Crippen LogP contribution in [0.2, 0.25) is 0 Å². The van der Waals surface area contributed by atoms with Crippen LogP contribution in [0.4, 0.5) is 4.79 Å². The lowest BCUT2D eigenvalue weighted by Crippen LogP contribution is -2.47. The number of hydrogen-bond donors (Lipinski definition) is 1. The second-order valence-electron chi connectivity index (χ2n) is 9.59. The van der Waals surface area contributed by atoms with Crippen LogP contribution in [0.5, 0.6) is 0 Å². The number of likely N-dealkylation sites (tertiary alicyclic amines) is 1. The largest absolute Gasteiger partial charge is 0.481 e. The van der Waals surface area contributed by atoms with Crippen molar-refractivity contribution >= 4 is 18.0 Å². The molecule has 1 aromatic carbocycles. The number of ether oxygens (including phenoxy) is 1. The molecule has 1 unspecified atom stereocenters. The van der Waals surface area contributed by atoms with E-state index in [0.29, 0.717) is 26.2 Å². The molecule has 1 N–H and O–H groups in total. The molecule has 2 saturated heterocycles. The molecule has 30 heavy (non-hydrogen) atoms. The normalized spacial score (nSPS) is 22.8. The molecule has 164 valence electrons. The van der Waals surface area contributed by atoms with Crippen molar-refractivity contribution in [1.29, 1.82) is 0 Å². The summed E-state index contributed by atoms with van der Waals surface area (Å²) >= 11 is 0. The monoisotopic (exact) mass is 416 g/mol. The lowest BCUT2D eigenvalue weighted by molar-refractivity contribution is -0.141. The van der Waals surface area contributed by atoms with Crippen LogP contribution in [0.3, 0.4) is 0 Å². The van der Waals surface area contributed by atoms with Gasteiger partial charge in [-0.25, -0.2) is 4.79 Å². The summed E-state index contributed by atoms with van der Waals surface area (Å²) in [5, 5.41) is 9.02. The minimum absolute atomic E-state index is 0.000950. The van der Waals surface area contributed by atoms with Crippen LogP contribution in [-0.2, 0) is 20.9 Å². The van der Waals surface area contributed by atoms with Crippen molar-refractivity contribution < 1.29 is 24.2 Å². The average Bonchev–Trinajstić information content (AvgIpc) is 2.96. The van der Waals surface area contributed by atoms with E-state index in [2.05, 4.69) is 0 Å². The van der Waals surface area contributed by atoms with Gasteiger partial charge in [-0.15, -0.1) is 0 Å². The molecule has 0 bridgehead atoms. The summed E-state index contributed by atoms with van der Waals surface area (Å²) in [5.41, 5.74) is -0.0445. The number of nitrogens with zero attached hydrogens (tertiary/aromatic N) is 2. The molecular weight excluding hydrogens is 384 g/mol. The quantitative estimate of drug-likeness (QED) is 0.735. The molecule has 0 saturated carbocycles. The van der Waals surface area contributed by atoms with E-state index in [9.17, 15) is 14.4 Å². The SMILES string of the molecule is CC(C)(CC(=O)O)CC(=O)N1CCC(C2(C)CN(Cc3ccccc3)C(=O)O2)CC1. The maximum absolute atomic E-state index is 12.6. The summed E-state index contributed by atoms with van der Waals surface area (Å²) in [6, 6.07) is 9.87. The Balaban J connectivity index is 1.53. The molecule has 2 aliphatic heterocycles. The van der Waals surface area contributed by atoms with Gasteiger partial charge in [-0.2, -0.15) is 0 Å². The van der Waals surface area contributed by atoms with Gasteiger partial charge < -0.3 is 14.7 Å². The number of carbonyl (C=O) groups is 3. The Kier molecular flexibility index (Phi) is 6.38. The number of amides is 2. The molecule has 0 aromatic heterocycles. The zero-order valence-corrected chi connectivity index (χ0v) is 18.1. The molecule has 7 nitrogen and oxygen atoms in total. The van der Waals surface area contributed by atoms with Crippen molar-refractivity contribution in [3.05, 3.63) is 35.9 Å². The Labute approximate surface area is 178 Å². The third-order valence-electron chi connectivity index (χ3n) is 6.27. The number of hydrogen-bond acceptors (Lipinski definition) is 4. The first kappa shape index (κ1) is 22.1. The Morgan fingerprint density at radius 3 is 2.40 bits per heavy atom. The van der Waals surface area contributed by atoms with E-state index in [0.717, 1.165) is 18.4 Å². The van der Waals surface area contributed by atoms with Crippen LogP contribution in [0.1, 0.15) is 52.0 Å². The molecule has 3 rings (SSSR count). The van der Waals surface area contributed by atoms with E-state index in [1.807, 2.05) is 56.0 Å². The fourth-order valence-electron chi connectivity index (χ4n) is 4.61. The van der Waals surface area contributed by atoms with E-state index >= 15 is 0 Å². The predicted molar refractivity (Wildman–Crippen MR) is 112 cm³/mol.